The topological polar surface area (TPSA) is 181 Å². The SMILES string of the molecule is CC(C)(O)c1cc2nn(C3CCC(N4CCN(C(=O)C5CCN(c6cc(F)c([C@H]7CCC(=O)NC7=O)c(F)c6)CC5)CC4)CC3)cc2cc1NC(=O)c1ccc2cc(C#N)cnn12. The normalized spacial score (nSPS) is 21.7. The van der Waals surface area contributed by atoms with Crippen molar-refractivity contribution in [2.24, 2.45) is 5.92 Å². The van der Waals surface area contributed by atoms with Crippen molar-refractivity contribution in [3.63, 3.8) is 0 Å². The maximum Gasteiger partial charge on any atom is 0.274 e. The standard InChI is InChI=1S/C46H50F2N10O5/c1-46(2,63)35-23-38-29(20-39(35)51-44(61)40-9-7-32-19-27(24-49)25-50-58(32)40)26-57(53-38)31-5-3-30(4-6-31)55-15-17-56(18-16-55)45(62)28-11-13-54(14-12-28)33-21-36(47)42(37(48)22-33)34-8-10-41(59)52-43(34)60/h7,9,19-23,25-26,28,30-31,34,63H,3-6,8,10-18H2,1-2H3,(H,51,61)(H,52,59,60)/t30?,31?,34-/m1/s1. The smallest absolute Gasteiger partial charge is 0.274 e. The van der Waals surface area contributed by atoms with Crippen molar-refractivity contribution in [2.75, 3.05) is 49.5 Å². The molecule has 1 atom stereocenters. The fraction of sp³-hybridized carbons (Fsp3) is 0.457. The van der Waals surface area contributed by atoms with Crippen LogP contribution in [0.1, 0.15) is 104 Å². The average molecular weight is 861 g/mol. The van der Waals surface area contributed by atoms with Gasteiger partial charge >= 0.3 is 0 Å². The van der Waals surface area contributed by atoms with E-state index >= 15 is 8.78 Å². The van der Waals surface area contributed by atoms with Gasteiger partial charge in [-0.25, -0.2) is 13.3 Å². The third kappa shape index (κ3) is 8.37. The van der Waals surface area contributed by atoms with E-state index in [0.717, 1.165) is 49.7 Å². The number of piperazine rings is 1. The molecule has 4 aliphatic rings. The highest BCUT2D eigenvalue weighted by atomic mass is 19.1. The molecule has 2 aromatic carbocycles. The van der Waals surface area contributed by atoms with E-state index in [0.29, 0.717) is 78.8 Å². The Morgan fingerprint density at radius 2 is 1.60 bits per heavy atom. The molecule has 0 radical (unpaired) electrons. The van der Waals surface area contributed by atoms with Crippen LogP contribution in [0.15, 0.2) is 54.9 Å². The van der Waals surface area contributed by atoms with E-state index in [2.05, 4.69) is 26.7 Å². The molecule has 4 amide bonds. The molecule has 6 heterocycles. The van der Waals surface area contributed by atoms with Crippen molar-refractivity contribution < 1.29 is 33.1 Å². The number of nitrogens with zero attached hydrogens (tertiary/aromatic N) is 8. The Morgan fingerprint density at radius 1 is 0.905 bits per heavy atom. The van der Waals surface area contributed by atoms with Gasteiger partial charge in [0.15, 0.2) is 0 Å². The number of halogens is 2. The van der Waals surface area contributed by atoms with Gasteiger partial charge in [0.2, 0.25) is 17.7 Å². The van der Waals surface area contributed by atoms with Crippen molar-refractivity contribution in [3.8, 4) is 6.07 Å². The molecule has 9 rings (SSSR count). The number of fused-ring (bicyclic) bond motifs is 2. The van der Waals surface area contributed by atoms with E-state index in [1.807, 2.05) is 32.8 Å². The fourth-order valence-corrected chi connectivity index (χ4v) is 10.00. The summed E-state index contributed by atoms with van der Waals surface area (Å²) < 4.78 is 33.9. The highest BCUT2D eigenvalue weighted by molar-refractivity contribution is 6.05. The van der Waals surface area contributed by atoms with Gasteiger partial charge in [0.1, 0.15) is 23.4 Å². The number of piperidine rings is 2. The van der Waals surface area contributed by atoms with E-state index in [1.54, 1.807) is 32.0 Å². The zero-order chi connectivity index (χ0) is 44.2. The number of imide groups is 1. The molecule has 63 heavy (non-hydrogen) atoms. The largest absolute Gasteiger partial charge is 0.386 e. The Kier molecular flexibility index (Phi) is 11.2. The van der Waals surface area contributed by atoms with E-state index in [-0.39, 0.29) is 36.3 Å². The molecule has 3 aliphatic heterocycles. The molecule has 5 aromatic rings. The molecule has 1 aliphatic carbocycles. The lowest BCUT2D eigenvalue weighted by Crippen LogP contribution is -2.54. The lowest BCUT2D eigenvalue weighted by atomic mass is 9.89. The van der Waals surface area contributed by atoms with Crippen LogP contribution in [0.2, 0.25) is 0 Å². The minimum Gasteiger partial charge on any atom is -0.386 e. The third-order valence-corrected chi connectivity index (χ3v) is 13.5. The second kappa shape index (κ2) is 16.8. The summed E-state index contributed by atoms with van der Waals surface area (Å²) in [5.74, 6) is -4.22. The Bertz CT molecular complexity index is 2640. The van der Waals surface area contributed by atoms with Gasteiger partial charge in [-0.05, 0) is 101 Å². The highest BCUT2D eigenvalue weighted by Gasteiger charge is 2.36. The number of benzene rings is 2. The molecule has 3 saturated heterocycles. The molecule has 4 fully saturated rings. The number of aliphatic hydroxyl groups is 1. The van der Waals surface area contributed by atoms with Gasteiger partial charge in [-0.1, -0.05) is 0 Å². The summed E-state index contributed by atoms with van der Waals surface area (Å²) in [5.41, 5.74) is 1.83. The van der Waals surface area contributed by atoms with Crippen LogP contribution in [0.5, 0.6) is 0 Å². The monoisotopic (exact) mass is 860 g/mol. The van der Waals surface area contributed by atoms with Crippen LogP contribution in [0.4, 0.5) is 20.2 Å². The molecule has 15 nitrogen and oxygen atoms in total. The number of carbonyl (C=O) groups is 4. The number of hydrogen-bond acceptors (Lipinski definition) is 10. The first kappa shape index (κ1) is 42.1. The maximum absolute atomic E-state index is 15.2. The quantitative estimate of drug-likeness (QED) is 0.172. The van der Waals surface area contributed by atoms with Crippen LogP contribution in [0, 0.1) is 28.9 Å². The third-order valence-electron chi connectivity index (χ3n) is 13.5. The molecule has 328 valence electrons. The van der Waals surface area contributed by atoms with Gasteiger partial charge in [0, 0.05) is 91.7 Å². The summed E-state index contributed by atoms with van der Waals surface area (Å²) in [4.78, 5) is 57.4. The number of carbonyl (C=O) groups excluding carboxylic acids is 4. The minimum atomic E-state index is -1.27. The number of rotatable bonds is 8. The van der Waals surface area contributed by atoms with Crippen molar-refractivity contribution >= 4 is 51.4 Å². The van der Waals surface area contributed by atoms with Crippen LogP contribution < -0.4 is 15.5 Å². The van der Waals surface area contributed by atoms with Crippen molar-refractivity contribution in [1.82, 2.24) is 34.5 Å². The van der Waals surface area contributed by atoms with Gasteiger partial charge in [-0.2, -0.15) is 15.5 Å². The van der Waals surface area contributed by atoms with Gasteiger partial charge in [0.05, 0.1) is 40.4 Å². The van der Waals surface area contributed by atoms with Crippen LogP contribution in [-0.4, -0.2) is 103 Å². The first-order valence-corrected chi connectivity index (χ1v) is 21.8. The number of anilines is 2. The predicted molar refractivity (Wildman–Crippen MR) is 229 cm³/mol. The van der Waals surface area contributed by atoms with Crippen LogP contribution in [-0.2, 0) is 20.0 Å². The van der Waals surface area contributed by atoms with E-state index in [4.69, 9.17) is 5.10 Å². The van der Waals surface area contributed by atoms with E-state index in [1.165, 1.54) is 22.8 Å². The molecule has 0 unspecified atom stereocenters. The number of hydrogen-bond donors (Lipinski definition) is 3. The van der Waals surface area contributed by atoms with Crippen molar-refractivity contribution in [3.05, 3.63) is 88.9 Å². The zero-order valence-corrected chi connectivity index (χ0v) is 35.3. The number of aromatic nitrogens is 4. The van der Waals surface area contributed by atoms with Crippen molar-refractivity contribution in [1.29, 1.82) is 5.26 Å². The zero-order valence-electron chi connectivity index (χ0n) is 35.3. The molecular formula is C46H50F2N10O5. The Morgan fingerprint density at radius 3 is 2.27 bits per heavy atom. The molecule has 0 bridgehead atoms. The fourth-order valence-electron chi connectivity index (χ4n) is 10.00. The molecule has 1 saturated carbocycles. The predicted octanol–water partition coefficient (Wildman–Crippen LogP) is 5.38. The Balaban J connectivity index is 0.770. The first-order chi connectivity index (χ1) is 30.2. The van der Waals surface area contributed by atoms with Gasteiger partial charge in [-0.15, -0.1) is 0 Å². The van der Waals surface area contributed by atoms with E-state index in [9.17, 15) is 29.5 Å². The second-order valence-electron chi connectivity index (χ2n) is 17.9. The summed E-state index contributed by atoms with van der Waals surface area (Å²) in [7, 11) is 0. The highest BCUT2D eigenvalue weighted by Crippen LogP contribution is 2.37. The second-order valence-corrected chi connectivity index (χ2v) is 17.9. The summed E-state index contributed by atoms with van der Waals surface area (Å²) >= 11 is 0. The molecular weight excluding hydrogens is 811 g/mol. The Labute approximate surface area is 362 Å². The lowest BCUT2D eigenvalue weighted by Gasteiger charge is -2.43. The average Bonchev–Trinajstić information content (AvgIpc) is 3.90. The molecule has 3 aromatic heterocycles. The summed E-state index contributed by atoms with van der Waals surface area (Å²) in [6.45, 7) is 7.22. The summed E-state index contributed by atoms with van der Waals surface area (Å²) in [5, 5.41) is 35.6. The molecule has 0 spiro atoms. The van der Waals surface area contributed by atoms with Gasteiger partial charge < -0.3 is 20.2 Å². The lowest BCUT2D eigenvalue weighted by molar-refractivity contribution is -0.138. The minimum absolute atomic E-state index is 0.0302. The summed E-state index contributed by atoms with van der Waals surface area (Å²) in [6, 6.07) is 13.9. The van der Waals surface area contributed by atoms with Crippen LogP contribution in [0.25, 0.3) is 16.4 Å². The van der Waals surface area contributed by atoms with E-state index < -0.39 is 40.9 Å². The number of amides is 4. The van der Waals surface area contributed by atoms with Gasteiger partial charge in [-0.3, -0.25) is 34.1 Å². The number of nitrogens with one attached hydrogen (secondary N) is 2. The van der Waals surface area contributed by atoms with Crippen LogP contribution in [0.3, 0.4) is 0 Å². The van der Waals surface area contributed by atoms with Crippen molar-refractivity contribution in [2.45, 2.75) is 88.8 Å². The summed E-state index contributed by atoms with van der Waals surface area (Å²) in [6.07, 6.45) is 8.53. The Hall–Kier alpha value is -6.25. The van der Waals surface area contributed by atoms with Crippen LogP contribution >= 0.6 is 0 Å². The first-order valence-electron chi connectivity index (χ1n) is 21.8. The molecule has 3 N–H and O–H groups in total. The maximum atomic E-state index is 15.2. The number of nitriles is 1. The van der Waals surface area contributed by atoms with Gasteiger partial charge in [0.25, 0.3) is 5.91 Å². The molecule has 17 heteroatoms.